The molecule has 0 fully saturated rings. The van der Waals surface area contributed by atoms with Crippen LogP contribution in [0, 0.1) is 0 Å². The fraction of sp³-hybridized carbons (Fsp3) is 1.00. The van der Waals surface area contributed by atoms with E-state index in [1.54, 1.807) is 0 Å². The Morgan fingerprint density at radius 3 is 2.17 bits per heavy atom. The summed E-state index contributed by atoms with van der Waals surface area (Å²) >= 11 is 2.96. The highest BCUT2D eigenvalue weighted by molar-refractivity contribution is 9.09. The molecule has 0 spiro atoms. The number of alkyl halides is 1. The molecule has 0 aliphatic heterocycles. The molecule has 38 valence electrons. The fourth-order valence-corrected chi connectivity index (χ4v) is 0.254. The van der Waals surface area contributed by atoms with Gasteiger partial charge >= 0.3 is 0 Å². The van der Waals surface area contributed by atoms with Gasteiger partial charge in [0.15, 0.2) is 0 Å². The van der Waals surface area contributed by atoms with E-state index in [1.807, 2.05) is 0 Å². The molecule has 6 heavy (non-hydrogen) atoms. The van der Waals surface area contributed by atoms with Crippen LogP contribution in [0.2, 0.25) is 0 Å². The zero-order chi connectivity index (χ0) is 4.99. The van der Waals surface area contributed by atoms with Crippen molar-refractivity contribution >= 4 is 15.9 Å². The summed E-state index contributed by atoms with van der Waals surface area (Å²) in [5.41, 5.74) is 0. The van der Waals surface area contributed by atoms with Crippen molar-refractivity contribution in [3.05, 3.63) is 0 Å². The summed E-state index contributed by atoms with van der Waals surface area (Å²) in [5.74, 6) is 0. The van der Waals surface area contributed by atoms with Crippen molar-refractivity contribution in [3.63, 3.8) is 0 Å². The van der Waals surface area contributed by atoms with Crippen LogP contribution in [0.15, 0.2) is 0 Å². The Morgan fingerprint density at radius 1 is 1.67 bits per heavy atom. The van der Waals surface area contributed by atoms with Gasteiger partial charge in [-0.05, 0) is 0 Å². The first-order valence-electron chi connectivity index (χ1n) is 1.66. The molecule has 0 saturated heterocycles. The highest BCUT2D eigenvalue weighted by atomic mass is 79.9. The Morgan fingerprint density at radius 2 is 2.17 bits per heavy atom. The Hall–Kier alpha value is 0.400. The molecule has 3 heteroatoms. The van der Waals surface area contributed by atoms with Gasteiger partial charge in [0.2, 0.25) is 0 Å². The number of hydrogen-bond acceptors (Lipinski definition) is 2. The quantitative estimate of drug-likeness (QED) is 0.539. The molecule has 0 aliphatic carbocycles. The van der Waals surface area contributed by atoms with E-state index in [2.05, 4.69) is 15.9 Å². The molecular formula is C3H7BrO2. The summed E-state index contributed by atoms with van der Waals surface area (Å²) in [6.07, 6.45) is -0.593. The molecule has 0 unspecified atom stereocenters. The largest absolute Gasteiger partial charge is 0.394 e. The van der Waals surface area contributed by atoms with E-state index in [4.69, 9.17) is 10.2 Å². The van der Waals surface area contributed by atoms with Gasteiger partial charge in [-0.3, -0.25) is 0 Å². The Kier molecular flexibility index (Phi) is 3.82. The molecule has 0 saturated carbocycles. The standard InChI is InChI=1S/C3H7BrO2/c4-1-3(6)2-5/h3,5-6H,1-2H2/t3-/m1/s1. The number of aliphatic hydroxyl groups is 2. The normalized spacial score (nSPS) is 14.5. The molecule has 2 N–H and O–H groups in total. The van der Waals surface area contributed by atoms with E-state index in [9.17, 15) is 0 Å². The second-order valence-electron chi connectivity index (χ2n) is 0.991. The van der Waals surface area contributed by atoms with Gasteiger partial charge in [0.1, 0.15) is 0 Å². The Labute approximate surface area is 44.9 Å². The number of hydrogen-bond donors (Lipinski definition) is 2. The third-order valence-corrected chi connectivity index (χ3v) is 1.14. The molecule has 0 rings (SSSR count). The summed E-state index contributed by atoms with van der Waals surface area (Å²) < 4.78 is 0. The molecule has 0 aromatic rings. The third-order valence-electron chi connectivity index (χ3n) is 0.389. The number of rotatable bonds is 2. The van der Waals surface area contributed by atoms with Gasteiger partial charge in [0, 0.05) is 5.33 Å². The highest BCUT2D eigenvalue weighted by Gasteiger charge is 1.93. The van der Waals surface area contributed by atoms with Crippen molar-refractivity contribution < 1.29 is 10.2 Å². The lowest BCUT2D eigenvalue weighted by Gasteiger charge is -1.96. The van der Waals surface area contributed by atoms with Crippen molar-refractivity contribution in [2.75, 3.05) is 11.9 Å². The van der Waals surface area contributed by atoms with E-state index in [0.29, 0.717) is 5.33 Å². The molecular weight excluding hydrogens is 148 g/mol. The van der Waals surface area contributed by atoms with Gasteiger partial charge in [-0.2, -0.15) is 0 Å². The predicted molar refractivity (Wildman–Crippen MR) is 26.9 cm³/mol. The van der Waals surface area contributed by atoms with Crippen molar-refractivity contribution in [1.82, 2.24) is 0 Å². The van der Waals surface area contributed by atoms with Crippen molar-refractivity contribution in [1.29, 1.82) is 0 Å². The highest BCUT2D eigenvalue weighted by Crippen LogP contribution is 1.85. The molecule has 0 aromatic carbocycles. The summed E-state index contributed by atoms with van der Waals surface area (Å²) in [6.45, 7) is -0.161. The topological polar surface area (TPSA) is 40.5 Å². The van der Waals surface area contributed by atoms with E-state index in [-0.39, 0.29) is 6.61 Å². The zero-order valence-corrected chi connectivity index (χ0v) is 4.85. The molecule has 2 nitrogen and oxygen atoms in total. The Balaban J connectivity index is 2.75. The fourth-order valence-electron chi connectivity index (χ4n) is 0.0488. The van der Waals surface area contributed by atoms with Crippen LogP contribution in [-0.4, -0.2) is 28.3 Å². The summed E-state index contributed by atoms with van der Waals surface area (Å²) in [5, 5.41) is 16.9. The minimum atomic E-state index is -0.593. The first-order chi connectivity index (χ1) is 2.81. The van der Waals surface area contributed by atoms with Gasteiger partial charge < -0.3 is 10.2 Å². The number of halogens is 1. The lowest BCUT2D eigenvalue weighted by atomic mass is 10.5. The van der Waals surface area contributed by atoms with Crippen LogP contribution in [-0.2, 0) is 0 Å². The van der Waals surface area contributed by atoms with E-state index in [1.165, 1.54) is 0 Å². The number of aliphatic hydroxyl groups excluding tert-OH is 2. The van der Waals surface area contributed by atoms with Crippen LogP contribution in [0.3, 0.4) is 0 Å². The van der Waals surface area contributed by atoms with E-state index < -0.39 is 6.10 Å². The van der Waals surface area contributed by atoms with Crippen molar-refractivity contribution in [2.45, 2.75) is 6.10 Å². The summed E-state index contributed by atoms with van der Waals surface area (Å²) in [7, 11) is 0. The van der Waals surface area contributed by atoms with E-state index in [0.717, 1.165) is 0 Å². The summed E-state index contributed by atoms with van der Waals surface area (Å²) in [4.78, 5) is 0. The van der Waals surface area contributed by atoms with Crippen LogP contribution < -0.4 is 0 Å². The van der Waals surface area contributed by atoms with E-state index >= 15 is 0 Å². The summed E-state index contributed by atoms with van der Waals surface area (Å²) in [6, 6.07) is 0. The average molecular weight is 155 g/mol. The molecule has 0 radical (unpaired) electrons. The van der Waals surface area contributed by atoms with Gasteiger partial charge in [-0.25, -0.2) is 0 Å². The monoisotopic (exact) mass is 154 g/mol. The first kappa shape index (κ1) is 6.40. The van der Waals surface area contributed by atoms with Gasteiger partial charge in [-0.15, -0.1) is 0 Å². The van der Waals surface area contributed by atoms with Crippen LogP contribution in [0.25, 0.3) is 0 Å². The molecule has 0 aromatic heterocycles. The van der Waals surface area contributed by atoms with Crippen LogP contribution in [0.5, 0.6) is 0 Å². The predicted octanol–water partition coefficient (Wildman–Crippen LogP) is -0.265. The SMILES string of the molecule is OC[C@H](O)CBr. The minimum Gasteiger partial charge on any atom is -0.394 e. The smallest absolute Gasteiger partial charge is 0.0867 e. The van der Waals surface area contributed by atoms with Crippen molar-refractivity contribution in [2.24, 2.45) is 0 Å². The Bertz CT molecular complexity index is 28.0. The second-order valence-corrected chi connectivity index (χ2v) is 1.64. The minimum absolute atomic E-state index is 0.161. The average Bonchev–Trinajstić information content (AvgIpc) is 1.65. The molecule has 0 aliphatic rings. The zero-order valence-electron chi connectivity index (χ0n) is 3.26. The second kappa shape index (κ2) is 3.59. The van der Waals surface area contributed by atoms with Gasteiger partial charge in [0.25, 0.3) is 0 Å². The maximum absolute atomic E-state index is 8.37. The van der Waals surface area contributed by atoms with Crippen molar-refractivity contribution in [3.8, 4) is 0 Å². The van der Waals surface area contributed by atoms with Crippen LogP contribution >= 0.6 is 15.9 Å². The lowest BCUT2D eigenvalue weighted by molar-refractivity contribution is 0.114. The molecule has 0 amide bonds. The molecule has 0 bridgehead atoms. The van der Waals surface area contributed by atoms with Crippen LogP contribution in [0.1, 0.15) is 0 Å². The lowest BCUT2D eigenvalue weighted by Crippen LogP contribution is -2.12. The van der Waals surface area contributed by atoms with Crippen LogP contribution in [0.4, 0.5) is 0 Å². The maximum atomic E-state index is 8.37. The van der Waals surface area contributed by atoms with Gasteiger partial charge in [0.05, 0.1) is 12.7 Å². The van der Waals surface area contributed by atoms with Gasteiger partial charge in [-0.1, -0.05) is 15.9 Å². The third kappa shape index (κ3) is 2.63. The first-order valence-corrected chi connectivity index (χ1v) is 2.78. The molecule has 1 atom stereocenters. The maximum Gasteiger partial charge on any atom is 0.0867 e. The molecule has 0 heterocycles.